The predicted octanol–water partition coefficient (Wildman–Crippen LogP) is 1.62. The number of carbonyl (C=O) groups excluding carboxylic acids is 1. The number of nitrogens with zero attached hydrogens (tertiary/aromatic N) is 6. The molecule has 154 valence electrons. The largest absolute Gasteiger partial charge is 0.493 e. The zero-order chi connectivity index (χ0) is 20.3. The fourth-order valence-corrected chi connectivity index (χ4v) is 3.99. The van der Waals surface area contributed by atoms with Crippen LogP contribution in [0, 0.1) is 0 Å². The summed E-state index contributed by atoms with van der Waals surface area (Å²) in [6, 6.07) is 16.1. The summed E-state index contributed by atoms with van der Waals surface area (Å²) < 4.78 is 5.58. The Kier molecular flexibility index (Phi) is 5.15. The lowest BCUT2D eigenvalue weighted by atomic mass is 10.1. The van der Waals surface area contributed by atoms with Crippen molar-refractivity contribution in [2.45, 2.75) is 19.5 Å². The molecule has 30 heavy (non-hydrogen) atoms. The van der Waals surface area contributed by atoms with Crippen molar-refractivity contribution >= 4 is 5.91 Å². The number of rotatable bonds is 5. The summed E-state index contributed by atoms with van der Waals surface area (Å²) in [7, 11) is 0. The average Bonchev–Trinajstić information content (AvgIpc) is 3.44. The number of hydrogen-bond acceptors (Lipinski definition) is 6. The molecule has 3 aromatic rings. The molecule has 0 atom stereocenters. The lowest BCUT2D eigenvalue weighted by molar-refractivity contribution is -0.134. The van der Waals surface area contributed by atoms with E-state index in [0.717, 1.165) is 44.0 Å². The number of benzene rings is 2. The number of tetrazole rings is 1. The van der Waals surface area contributed by atoms with Gasteiger partial charge in [-0.25, -0.2) is 0 Å². The summed E-state index contributed by atoms with van der Waals surface area (Å²) in [5.74, 6) is 1.58. The van der Waals surface area contributed by atoms with Crippen LogP contribution in [-0.4, -0.2) is 68.7 Å². The van der Waals surface area contributed by atoms with Crippen molar-refractivity contribution < 1.29 is 9.53 Å². The number of aromatic nitrogens is 4. The first-order chi connectivity index (χ1) is 14.7. The third kappa shape index (κ3) is 4.04. The van der Waals surface area contributed by atoms with Gasteiger partial charge in [0.15, 0.2) is 0 Å². The lowest BCUT2D eigenvalue weighted by Gasteiger charge is -2.34. The Bertz CT molecular complexity index is 1030. The van der Waals surface area contributed by atoms with Crippen LogP contribution in [0.25, 0.3) is 11.4 Å². The maximum atomic E-state index is 12.7. The second-order valence-electron chi connectivity index (χ2n) is 7.71. The Morgan fingerprint density at radius 1 is 1.03 bits per heavy atom. The first-order valence-electron chi connectivity index (χ1n) is 10.3. The molecule has 1 saturated heterocycles. The van der Waals surface area contributed by atoms with Crippen molar-refractivity contribution in [2.24, 2.45) is 0 Å². The molecule has 0 radical (unpaired) electrons. The Labute approximate surface area is 175 Å². The standard InChI is InChI=1S/C22H24N6O2/c29-21(16-28-24-22(23-25-28)18-4-2-1-3-5-18)27-11-9-26(10-12-27)15-17-6-7-20-19(14-17)8-13-30-20/h1-7,14H,8-13,15-16H2. The number of hydrogen-bond donors (Lipinski definition) is 0. The van der Waals surface area contributed by atoms with E-state index in [4.69, 9.17) is 4.74 Å². The molecule has 2 aliphatic heterocycles. The number of fused-ring (bicyclic) bond motifs is 1. The van der Waals surface area contributed by atoms with E-state index in [2.05, 4.69) is 38.5 Å². The number of amides is 1. The van der Waals surface area contributed by atoms with Crippen molar-refractivity contribution in [1.82, 2.24) is 30.0 Å². The summed E-state index contributed by atoms with van der Waals surface area (Å²) in [6.45, 7) is 4.96. The monoisotopic (exact) mass is 404 g/mol. The molecule has 0 saturated carbocycles. The fourth-order valence-electron chi connectivity index (χ4n) is 3.99. The van der Waals surface area contributed by atoms with Gasteiger partial charge in [0.2, 0.25) is 11.7 Å². The molecule has 5 rings (SSSR count). The topological polar surface area (TPSA) is 76.4 Å². The van der Waals surface area contributed by atoms with Gasteiger partial charge in [-0.3, -0.25) is 9.69 Å². The average molecular weight is 404 g/mol. The van der Waals surface area contributed by atoms with Crippen LogP contribution in [0.3, 0.4) is 0 Å². The molecule has 8 heteroatoms. The van der Waals surface area contributed by atoms with Gasteiger partial charge in [0.05, 0.1) is 6.61 Å². The van der Waals surface area contributed by atoms with E-state index >= 15 is 0 Å². The normalized spacial score (nSPS) is 16.3. The van der Waals surface area contributed by atoms with Crippen LogP contribution in [-0.2, 0) is 24.3 Å². The minimum Gasteiger partial charge on any atom is -0.493 e. The number of piperazine rings is 1. The molecule has 1 aromatic heterocycles. The van der Waals surface area contributed by atoms with Gasteiger partial charge >= 0.3 is 0 Å². The van der Waals surface area contributed by atoms with Crippen molar-refractivity contribution in [1.29, 1.82) is 0 Å². The maximum absolute atomic E-state index is 12.7. The van der Waals surface area contributed by atoms with E-state index in [1.807, 2.05) is 35.2 Å². The molecule has 0 spiro atoms. The Morgan fingerprint density at radius 3 is 2.70 bits per heavy atom. The van der Waals surface area contributed by atoms with Crippen molar-refractivity contribution in [3.63, 3.8) is 0 Å². The summed E-state index contributed by atoms with van der Waals surface area (Å²) >= 11 is 0. The minimum absolute atomic E-state index is 0.0290. The van der Waals surface area contributed by atoms with E-state index in [1.165, 1.54) is 15.9 Å². The van der Waals surface area contributed by atoms with E-state index in [0.29, 0.717) is 18.9 Å². The van der Waals surface area contributed by atoms with Crippen LogP contribution in [0.5, 0.6) is 5.75 Å². The number of ether oxygens (including phenoxy) is 1. The van der Waals surface area contributed by atoms with E-state index in [1.54, 1.807) is 0 Å². The second-order valence-corrected chi connectivity index (χ2v) is 7.71. The first-order valence-corrected chi connectivity index (χ1v) is 10.3. The van der Waals surface area contributed by atoms with E-state index in [9.17, 15) is 4.79 Å². The van der Waals surface area contributed by atoms with Gasteiger partial charge in [0.25, 0.3) is 0 Å². The highest BCUT2D eigenvalue weighted by Gasteiger charge is 2.22. The smallest absolute Gasteiger partial charge is 0.246 e. The van der Waals surface area contributed by atoms with Crippen molar-refractivity contribution in [2.75, 3.05) is 32.8 Å². The molecule has 3 heterocycles. The van der Waals surface area contributed by atoms with Gasteiger partial charge in [-0.1, -0.05) is 42.5 Å². The summed E-state index contributed by atoms with van der Waals surface area (Å²) in [5, 5.41) is 12.4. The highest BCUT2D eigenvalue weighted by Crippen LogP contribution is 2.26. The molecule has 1 fully saturated rings. The van der Waals surface area contributed by atoms with Crippen LogP contribution in [0.4, 0.5) is 0 Å². The summed E-state index contributed by atoms with van der Waals surface area (Å²) in [5.41, 5.74) is 3.50. The Hall–Kier alpha value is -3.26. The predicted molar refractivity (Wildman–Crippen MR) is 111 cm³/mol. The van der Waals surface area contributed by atoms with Gasteiger partial charge in [-0.15, -0.1) is 10.2 Å². The SMILES string of the molecule is O=C(Cn1nnc(-c2ccccc2)n1)N1CCN(Cc2ccc3c(c2)CCO3)CC1. The van der Waals surface area contributed by atoms with Crippen LogP contribution in [0.1, 0.15) is 11.1 Å². The maximum Gasteiger partial charge on any atom is 0.246 e. The molecule has 2 aromatic carbocycles. The van der Waals surface area contributed by atoms with E-state index < -0.39 is 0 Å². The van der Waals surface area contributed by atoms with Gasteiger partial charge in [0, 0.05) is 44.7 Å². The molecule has 0 N–H and O–H groups in total. The van der Waals surface area contributed by atoms with Gasteiger partial charge in [-0.05, 0) is 22.4 Å². The molecule has 0 unspecified atom stereocenters. The zero-order valence-corrected chi connectivity index (χ0v) is 16.8. The van der Waals surface area contributed by atoms with Gasteiger partial charge in [-0.2, -0.15) is 4.80 Å². The Balaban J connectivity index is 1.13. The highest BCUT2D eigenvalue weighted by atomic mass is 16.5. The van der Waals surface area contributed by atoms with Crippen molar-refractivity contribution in [3.05, 3.63) is 59.7 Å². The lowest BCUT2D eigenvalue weighted by Crippen LogP contribution is -2.49. The fraction of sp³-hybridized carbons (Fsp3) is 0.364. The van der Waals surface area contributed by atoms with Crippen LogP contribution in [0.2, 0.25) is 0 Å². The highest BCUT2D eigenvalue weighted by molar-refractivity contribution is 5.76. The zero-order valence-electron chi connectivity index (χ0n) is 16.8. The third-order valence-corrected chi connectivity index (χ3v) is 5.65. The quantitative estimate of drug-likeness (QED) is 0.643. The minimum atomic E-state index is 0.0290. The van der Waals surface area contributed by atoms with Crippen molar-refractivity contribution in [3.8, 4) is 17.1 Å². The molecular weight excluding hydrogens is 380 g/mol. The van der Waals surface area contributed by atoms with Crippen LogP contribution >= 0.6 is 0 Å². The van der Waals surface area contributed by atoms with Crippen LogP contribution < -0.4 is 4.74 Å². The summed E-state index contributed by atoms with van der Waals surface area (Å²) in [4.78, 5) is 18.3. The second kappa shape index (κ2) is 8.23. The molecule has 0 aliphatic carbocycles. The Morgan fingerprint density at radius 2 is 1.87 bits per heavy atom. The molecule has 2 aliphatic rings. The first kappa shape index (κ1) is 18.7. The molecule has 0 bridgehead atoms. The van der Waals surface area contributed by atoms with Gasteiger partial charge < -0.3 is 9.64 Å². The molecule has 8 nitrogen and oxygen atoms in total. The summed E-state index contributed by atoms with van der Waals surface area (Å²) in [6.07, 6.45) is 0.994. The van der Waals surface area contributed by atoms with Crippen LogP contribution in [0.15, 0.2) is 48.5 Å². The number of carbonyl (C=O) groups is 1. The van der Waals surface area contributed by atoms with E-state index in [-0.39, 0.29) is 12.5 Å². The third-order valence-electron chi connectivity index (χ3n) is 5.65. The molecular formula is C22H24N6O2. The molecule has 1 amide bonds. The van der Waals surface area contributed by atoms with Gasteiger partial charge in [0.1, 0.15) is 12.3 Å².